The fourth-order valence-corrected chi connectivity index (χ4v) is 8.50. The summed E-state index contributed by atoms with van der Waals surface area (Å²) >= 11 is 0. The molecule has 232 valence electrons. The van der Waals surface area contributed by atoms with Gasteiger partial charge < -0.3 is 20.4 Å². The van der Waals surface area contributed by atoms with Gasteiger partial charge in [0, 0.05) is 28.2 Å². The summed E-state index contributed by atoms with van der Waals surface area (Å²) in [6.45, 7) is 16.6. The number of hydrogen-bond acceptors (Lipinski definition) is 7. The van der Waals surface area contributed by atoms with Gasteiger partial charge in [0.2, 0.25) is 5.78 Å². The third-order valence-electron chi connectivity index (χ3n) is 10.7. The molecule has 0 heterocycles. The molecule has 2 aromatic rings. The predicted molar refractivity (Wildman–Crippen MR) is 169 cm³/mol. The van der Waals surface area contributed by atoms with Crippen LogP contribution in [0.25, 0.3) is 11.1 Å². The third-order valence-corrected chi connectivity index (χ3v) is 10.7. The Morgan fingerprint density at radius 1 is 1.02 bits per heavy atom. The fraction of sp³-hybridized carbons (Fsp3) is 0.432. The lowest BCUT2D eigenvalue weighted by atomic mass is 9.44. The molecule has 0 spiro atoms. The number of phenolic OH excluding ortho intramolecular Hbond substituents is 1. The molecule has 7 heteroatoms. The first kappa shape index (κ1) is 31.5. The van der Waals surface area contributed by atoms with Gasteiger partial charge in [-0.3, -0.25) is 14.4 Å². The van der Waals surface area contributed by atoms with Crippen LogP contribution in [-0.2, 0) is 16.0 Å². The Morgan fingerprint density at radius 3 is 2.18 bits per heavy atom. The molecule has 0 bridgehead atoms. The molecule has 44 heavy (non-hydrogen) atoms. The van der Waals surface area contributed by atoms with E-state index in [1.165, 1.54) is 6.07 Å². The van der Waals surface area contributed by atoms with Crippen molar-refractivity contribution in [3.05, 3.63) is 87.9 Å². The van der Waals surface area contributed by atoms with Crippen molar-refractivity contribution in [2.45, 2.75) is 79.2 Å². The fourth-order valence-electron chi connectivity index (χ4n) is 8.50. The van der Waals surface area contributed by atoms with Gasteiger partial charge in [0.05, 0.1) is 5.56 Å². The normalized spacial score (nSPS) is 28.9. The van der Waals surface area contributed by atoms with Gasteiger partial charge in [-0.25, -0.2) is 0 Å². The highest BCUT2D eigenvalue weighted by atomic mass is 16.3. The molecular weight excluding hydrogens is 556 g/mol. The van der Waals surface area contributed by atoms with Gasteiger partial charge in [-0.1, -0.05) is 84.0 Å². The summed E-state index contributed by atoms with van der Waals surface area (Å²) < 4.78 is 0. The molecule has 2 unspecified atom stereocenters. The Bertz CT molecular complexity index is 1690. The van der Waals surface area contributed by atoms with Gasteiger partial charge in [-0.15, -0.1) is 0 Å². The molecule has 0 radical (unpaired) electrons. The van der Waals surface area contributed by atoms with E-state index in [4.69, 9.17) is 0 Å². The summed E-state index contributed by atoms with van der Waals surface area (Å²) in [5.41, 5.74) is -1.41. The Morgan fingerprint density at radius 2 is 1.64 bits per heavy atom. The Hall–Kier alpha value is -3.97. The highest BCUT2D eigenvalue weighted by Crippen LogP contribution is 2.65. The highest BCUT2D eigenvalue weighted by molar-refractivity contribution is 6.25. The maximum absolute atomic E-state index is 14.3. The van der Waals surface area contributed by atoms with E-state index < -0.39 is 56.8 Å². The lowest BCUT2D eigenvalue weighted by molar-refractivity contribution is -0.171. The lowest BCUT2D eigenvalue weighted by Gasteiger charge is -2.59. The quantitative estimate of drug-likeness (QED) is 0.206. The molecule has 0 aliphatic heterocycles. The van der Waals surface area contributed by atoms with E-state index in [0.717, 1.165) is 35.6 Å². The molecular formula is C37H42O7. The van der Waals surface area contributed by atoms with E-state index in [2.05, 4.69) is 20.4 Å². The van der Waals surface area contributed by atoms with Crippen molar-refractivity contribution in [2.75, 3.05) is 0 Å². The van der Waals surface area contributed by atoms with Crippen LogP contribution in [0.4, 0.5) is 0 Å². The minimum absolute atomic E-state index is 0.0133. The lowest BCUT2D eigenvalue weighted by Crippen LogP contribution is -2.67. The maximum atomic E-state index is 14.3. The first-order valence-corrected chi connectivity index (χ1v) is 15.3. The maximum Gasteiger partial charge on any atom is 0.209 e. The van der Waals surface area contributed by atoms with Crippen LogP contribution in [0.3, 0.4) is 0 Å². The van der Waals surface area contributed by atoms with Crippen molar-refractivity contribution >= 4 is 17.3 Å². The zero-order chi connectivity index (χ0) is 32.7. The topological polar surface area (TPSA) is 132 Å². The summed E-state index contributed by atoms with van der Waals surface area (Å²) in [6.07, 6.45) is 1.14. The molecule has 3 aliphatic carbocycles. The van der Waals surface area contributed by atoms with Crippen molar-refractivity contribution in [1.29, 1.82) is 0 Å². The number of hydrogen-bond donors (Lipinski definition) is 4. The second-order valence-corrected chi connectivity index (χ2v) is 13.8. The zero-order valence-electron chi connectivity index (χ0n) is 26.5. The number of aliphatic hydroxyl groups excluding tert-OH is 2. The molecule has 0 fully saturated rings. The highest BCUT2D eigenvalue weighted by Gasteiger charge is 2.71. The number of ketones is 3. The van der Waals surface area contributed by atoms with Crippen LogP contribution in [0.2, 0.25) is 0 Å². The van der Waals surface area contributed by atoms with Gasteiger partial charge in [-0.05, 0) is 60.4 Å². The van der Waals surface area contributed by atoms with Crippen molar-refractivity contribution in [3.63, 3.8) is 0 Å². The van der Waals surface area contributed by atoms with Gasteiger partial charge in [0.1, 0.15) is 22.8 Å². The van der Waals surface area contributed by atoms with Crippen LogP contribution >= 0.6 is 0 Å². The van der Waals surface area contributed by atoms with Gasteiger partial charge in [0.15, 0.2) is 17.2 Å². The average molecular weight is 599 g/mol. The molecule has 2 aromatic carbocycles. The molecule has 0 amide bonds. The molecule has 5 atom stereocenters. The average Bonchev–Trinajstić information content (AvgIpc) is 2.94. The van der Waals surface area contributed by atoms with Crippen LogP contribution in [0.5, 0.6) is 5.75 Å². The van der Waals surface area contributed by atoms with E-state index in [-0.39, 0.29) is 41.6 Å². The number of benzene rings is 2. The van der Waals surface area contributed by atoms with Gasteiger partial charge >= 0.3 is 0 Å². The van der Waals surface area contributed by atoms with Crippen molar-refractivity contribution in [3.8, 4) is 16.9 Å². The molecule has 0 aromatic heterocycles. The van der Waals surface area contributed by atoms with Crippen molar-refractivity contribution in [1.82, 2.24) is 0 Å². The van der Waals surface area contributed by atoms with Crippen molar-refractivity contribution < 1.29 is 34.8 Å². The first-order chi connectivity index (χ1) is 20.5. The number of phenols is 1. The Balaban J connectivity index is 1.72. The molecule has 7 nitrogen and oxygen atoms in total. The van der Waals surface area contributed by atoms with Crippen LogP contribution in [0.15, 0.2) is 71.2 Å². The molecule has 4 N–H and O–H groups in total. The van der Waals surface area contributed by atoms with Crippen LogP contribution < -0.4 is 0 Å². The van der Waals surface area contributed by atoms with Crippen LogP contribution in [0.1, 0.15) is 88.7 Å². The largest absolute Gasteiger partial charge is 0.511 e. The standard InChI is InChI=1S/C37H42O7/c1-9-19(4)20(5)22-10-12-23(13-11-22)24-14-15-26(39)28-25(24)16-35(7)17-36(8)29(18(2)3)31(40)27(21(6)38)33(42)37(36,44)34(43)30(35)32(28)41/h10-15,18,20,29,39-40,43-44H,4,9,16-17H2,1-3,5-8H3/t20?,29?,35-,36-,37+/m1/s1. The Kier molecular flexibility index (Phi) is 7.36. The summed E-state index contributed by atoms with van der Waals surface area (Å²) in [5, 5.41) is 46.3. The molecule has 0 saturated heterocycles. The number of carbonyl (C=O) groups is 3. The molecule has 5 rings (SSSR count). The van der Waals surface area contributed by atoms with E-state index in [1.54, 1.807) is 13.0 Å². The van der Waals surface area contributed by atoms with Crippen LogP contribution in [-0.4, -0.2) is 43.4 Å². The number of carbonyl (C=O) groups excluding carboxylic acids is 3. The SMILES string of the molecule is C=C(CC)C(C)c1ccc(-c2ccc(O)c3c2C[C@]2(C)C[C@]4(C)C(C(C)C)C(O)=C(C(C)=O)C(=O)[C@]4(O)C(O)=C2C3=O)cc1. The summed E-state index contributed by atoms with van der Waals surface area (Å²) in [7, 11) is 0. The van der Waals surface area contributed by atoms with E-state index >= 15 is 0 Å². The number of Topliss-reactive ketones (excluding diaryl/α,β-unsaturated/α-hetero) is 3. The first-order valence-electron chi connectivity index (χ1n) is 15.3. The summed E-state index contributed by atoms with van der Waals surface area (Å²) in [5.74, 6) is -5.02. The van der Waals surface area contributed by atoms with Gasteiger partial charge in [-0.2, -0.15) is 0 Å². The monoisotopic (exact) mass is 598 g/mol. The van der Waals surface area contributed by atoms with E-state index in [0.29, 0.717) is 5.56 Å². The summed E-state index contributed by atoms with van der Waals surface area (Å²) in [6, 6.07) is 11.3. The minimum Gasteiger partial charge on any atom is -0.511 e. The van der Waals surface area contributed by atoms with Crippen LogP contribution in [0, 0.1) is 22.7 Å². The second kappa shape index (κ2) is 10.3. The number of aliphatic hydroxyl groups is 3. The number of allylic oxidation sites excluding steroid dienone is 3. The number of aromatic hydroxyl groups is 1. The third kappa shape index (κ3) is 4.08. The van der Waals surface area contributed by atoms with Gasteiger partial charge in [0.25, 0.3) is 0 Å². The summed E-state index contributed by atoms with van der Waals surface area (Å²) in [4.78, 5) is 40.7. The minimum atomic E-state index is -2.63. The number of rotatable bonds is 6. The van der Waals surface area contributed by atoms with Crippen molar-refractivity contribution in [2.24, 2.45) is 22.7 Å². The molecule has 0 saturated carbocycles. The number of fused-ring (bicyclic) bond motifs is 3. The van der Waals surface area contributed by atoms with E-state index in [9.17, 15) is 34.8 Å². The smallest absolute Gasteiger partial charge is 0.209 e. The molecule has 3 aliphatic rings. The van der Waals surface area contributed by atoms with E-state index in [1.807, 2.05) is 45.0 Å². The predicted octanol–water partition coefficient (Wildman–Crippen LogP) is 7.08. The Labute approximate surface area is 258 Å². The zero-order valence-corrected chi connectivity index (χ0v) is 26.5. The second-order valence-electron chi connectivity index (χ2n) is 13.8.